The molecule has 2 amide bonds. The molecule has 4 saturated heterocycles. The van der Waals surface area contributed by atoms with E-state index in [0.717, 1.165) is 0 Å². The first-order valence-electron chi connectivity index (χ1n) is 38.7. The van der Waals surface area contributed by atoms with Crippen molar-refractivity contribution in [1.29, 1.82) is 0 Å². The predicted octanol–water partition coefficient (Wildman–Crippen LogP) is 2.89. The SMILES string of the molecule is CC(C)OC[C@@H]1C[C@@H](O)CN1C(=O)CC(=O)NC(COCCC(=O)CCCCCC(=O)CCCCO[C@@H]1OC(CO)[C@H](O)[C@H](O)C1C)(COCCC(=O)CCCCCC(=O)CCCCO[C@@H]1OC(CO)[C@H](O)[C@H](O)C1C)COCCC(=O)CCCCCC(=O)CCCCO[C@@H]1OC(CO)[C@H](O)[C@H](O)C1C. The van der Waals surface area contributed by atoms with Crippen molar-refractivity contribution in [2.45, 2.75) is 318 Å². The third kappa shape index (κ3) is 35.8. The first-order chi connectivity index (χ1) is 50.2. The summed E-state index contributed by atoms with van der Waals surface area (Å²) in [6, 6.07) is -0.476. The number of unbranched alkanes of at least 4 members (excludes halogenated alkanes) is 9. The molecule has 0 aromatic heterocycles. The van der Waals surface area contributed by atoms with Gasteiger partial charge in [-0.25, -0.2) is 0 Å². The Kier molecular flexibility index (Phi) is 46.6. The number of carbonyl (C=O) groups excluding carboxylic acids is 8. The van der Waals surface area contributed by atoms with Crippen molar-refractivity contribution in [3.8, 4) is 0 Å². The van der Waals surface area contributed by atoms with E-state index in [0.29, 0.717) is 135 Å². The Morgan fingerprint density at radius 1 is 0.419 bits per heavy atom. The van der Waals surface area contributed by atoms with Crippen LogP contribution in [0.25, 0.3) is 0 Å². The van der Waals surface area contributed by atoms with Crippen LogP contribution in [0.4, 0.5) is 0 Å². The molecule has 11 N–H and O–H groups in total. The minimum absolute atomic E-state index is 0.000304. The van der Waals surface area contributed by atoms with Crippen molar-refractivity contribution >= 4 is 46.5 Å². The van der Waals surface area contributed by atoms with Gasteiger partial charge in [0.25, 0.3) is 0 Å². The molecule has 0 aromatic carbocycles. The molecule has 4 aliphatic rings. The first kappa shape index (κ1) is 93.5. The van der Waals surface area contributed by atoms with Crippen LogP contribution in [0.2, 0.25) is 0 Å². The van der Waals surface area contributed by atoms with Crippen LogP contribution in [0, 0.1) is 17.8 Å². The summed E-state index contributed by atoms with van der Waals surface area (Å²) in [5, 5.41) is 103. The fourth-order valence-corrected chi connectivity index (χ4v) is 13.1. The zero-order valence-electron chi connectivity index (χ0n) is 63.1. The molecule has 0 bridgehead atoms. The minimum Gasteiger partial charge on any atom is -0.394 e. The summed E-state index contributed by atoms with van der Waals surface area (Å²) < 4.78 is 58.2. The minimum atomic E-state index is -1.52. The van der Waals surface area contributed by atoms with Crippen molar-refractivity contribution in [3.05, 3.63) is 0 Å². The Bertz CT molecular complexity index is 2280. The van der Waals surface area contributed by atoms with Crippen LogP contribution in [0.5, 0.6) is 0 Å². The lowest BCUT2D eigenvalue weighted by molar-refractivity contribution is -0.282. The largest absolute Gasteiger partial charge is 0.394 e. The number of hydrogen-bond donors (Lipinski definition) is 11. The van der Waals surface area contributed by atoms with Crippen LogP contribution in [-0.4, -0.2) is 293 Å². The number of ketones is 6. The molecule has 4 fully saturated rings. The molecule has 4 rings (SSSR count). The molecule has 0 radical (unpaired) electrons. The summed E-state index contributed by atoms with van der Waals surface area (Å²) in [6.07, 6.45) is -2.18. The molecule has 4 aliphatic heterocycles. The highest BCUT2D eigenvalue weighted by Gasteiger charge is 2.45. The van der Waals surface area contributed by atoms with Gasteiger partial charge in [0, 0.05) is 121 Å². The lowest BCUT2D eigenvalue weighted by atomic mass is 9.92. The topological polar surface area (TPSA) is 446 Å². The van der Waals surface area contributed by atoms with E-state index in [4.69, 9.17) is 47.4 Å². The summed E-state index contributed by atoms with van der Waals surface area (Å²) in [4.78, 5) is 107. The molecule has 0 spiro atoms. The number of nitrogens with zero attached hydrogens (tertiary/aromatic N) is 1. The second-order valence-electron chi connectivity index (χ2n) is 29.5. The highest BCUT2D eigenvalue weighted by Crippen LogP contribution is 2.31. The van der Waals surface area contributed by atoms with Gasteiger partial charge < -0.3 is 109 Å². The summed E-state index contributed by atoms with van der Waals surface area (Å²) >= 11 is 0. The fourth-order valence-electron chi connectivity index (χ4n) is 13.1. The molecule has 105 heavy (non-hydrogen) atoms. The molecular weight excluding hydrogens is 1380 g/mol. The van der Waals surface area contributed by atoms with Gasteiger partial charge in [0.2, 0.25) is 11.8 Å². The van der Waals surface area contributed by atoms with E-state index in [-0.39, 0.29) is 158 Å². The van der Waals surface area contributed by atoms with Crippen LogP contribution >= 0.6 is 0 Å². The maximum atomic E-state index is 14.1. The highest BCUT2D eigenvalue weighted by molar-refractivity contribution is 5.97. The lowest BCUT2D eigenvalue weighted by Gasteiger charge is -2.40. The Morgan fingerprint density at radius 3 is 1.01 bits per heavy atom. The molecule has 0 aliphatic carbocycles. The fraction of sp³-hybridized carbons (Fsp3) is 0.893. The van der Waals surface area contributed by atoms with E-state index in [1.807, 2.05) is 13.8 Å². The van der Waals surface area contributed by atoms with Gasteiger partial charge in [-0.3, -0.25) is 38.4 Å². The molecule has 6 unspecified atom stereocenters. The maximum absolute atomic E-state index is 14.1. The number of ether oxygens (including phenoxy) is 10. The Labute approximate surface area is 619 Å². The summed E-state index contributed by atoms with van der Waals surface area (Å²) in [7, 11) is 0. The highest BCUT2D eigenvalue weighted by atomic mass is 16.7. The average Bonchev–Trinajstić information content (AvgIpc) is 1.50. The van der Waals surface area contributed by atoms with Crippen LogP contribution in [0.15, 0.2) is 0 Å². The molecule has 0 aromatic rings. The van der Waals surface area contributed by atoms with Crippen molar-refractivity contribution in [3.63, 3.8) is 0 Å². The van der Waals surface area contributed by atoms with Gasteiger partial charge in [0.15, 0.2) is 18.9 Å². The molecule has 17 atom stereocenters. The van der Waals surface area contributed by atoms with E-state index < -0.39 is 147 Å². The number of amides is 2. The number of rotatable bonds is 60. The smallest absolute Gasteiger partial charge is 0.232 e. The lowest BCUT2D eigenvalue weighted by Crippen LogP contribution is -2.59. The van der Waals surface area contributed by atoms with Crippen LogP contribution < -0.4 is 5.32 Å². The quantitative estimate of drug-likeness (QED) is 0.0308. The molecular formula is C75H130N2O28. The second kappa shape index (κ2) is 52.3. The monoisotopic (exact) mass is 1510 g/mol. The van der Waals surface area contributed by atoms with Crippen LogP contribution in [0.1, 0.15) is 221 Å². The van der Waals surface area contributed by atoms with Gasteiger partial charge in [0.05, 0.1) is 103 Å². The molecule has 608 valence electrons. The van der Waals surface area contributed by atoms with E-state index >= 15 is 0 Å². The number of β-amino-alcohol motifs (C(OH)–C–C–N with tert-alkyl or cyclic N) is 1. The second-order valence-corrected chi connectivity index (χ2v) is 29.5. The zero-order valence-corrected chi connectivity index (χ0v) is 63.1. The van der Waals surface area contributed by atoms with Gasteiger partial charge in [0.1, 0.15) is 83.3 Å². The van der Waals surface area contributed by atoms with Crippen molar-refractivity contribution in [2.75, 3.05) is 92.4 Å². The van der Waals surface area contributed by atoms with Crippen LogP contribution in [-0.2, 0) is 85.7 Å². The molecule has 30 nitrogen and oxygen atoms in total. The van der Waals surface area contributed by atoms with E-state index in [2.05, 4.69) is 5.32 Å². The van der Waals surface area contributed by atoms with Crippen LogP contribution in [0.3, 0.4) is 0 Å². The Morgan fingerprint density at radius 2 is 0.714 bits per heavy atom. The number of aliphatic hydroxyl groups excluding tert-OH is 10. The van der Waals surface area contributed by atoms with Crippen molar-refractivity contribution < 1.29 is 137 Å². The third-order valence-electron chi connectivity index (χ3n) is 20.0. The Balaban J connectivity index is 1.28. The van der Waals surface area contributed by atoms with Gasteiger partial charge >= 0.3 is 0 Å². The first-order valence-corrected chi connectivity index (χ1v) is 38.7. The number of Topliss-reactive ketones (excluding diaryl/α,β-unsaturated/α-hetero) is 6. The summed E-state index contributed by atoms with van der Waals surface area (Å²) in [5.41, 5.74) is -1.52. The van der Waals surface area contributed by atoms with Gasteiger partial charge in [-0.15, -0.1) is 0 Å². The third-order valence-corrected chi connectivity index (χ3v) is 20.0. The number of nitrogens with one attached hydrogen (secondary N) is 1. The van der Waals surface area contributed by atoms with E-state index in [1.165, 1.54) is 4.90 Å². The van der Waals surface area contributed by atoms with Crippen molar-refractivity contribution in [2.24, 2.45) is 17.8 Å². The van der Waals surface area contributed by atoms with Gasteiger partial charge in [-0.2, -0.15) is 0 Å². The Hall–Kier alpha value is -3.84. The molecule has 30 heteroatoms. The van der Waals surface area contributed by atoms with E-state index in [9.17, 15) is 89.4 Å². The summed E-state index contributed by atoms with van der Waals surface area (Å²) in [6.45, 7) is 7.23. The normalized spacial score (nSPS) is 27.7. The predicted molar refractivity (Wildman–Crippen MR) is 378 cm³/mol. The number of likely N-dealkylation sites (tertiary alicyclic amines) is 1. The zero-order chi connectivity index (χ0) is 77.3. The van der Waals surface area contributed by atoms with Gasteiger partial charge in [-0.05, 0) is 97.3 Å². The van der Waals surface area contributed by atoms with Gasteiger partial charge in [-0.1, -0.05) is 40.0 Å². The van der Waals surface area contributed by atoms with Crippen molar-refractivity contribution in [1.82, 2.24) is 10.2 Å². The van der Waals surface area contributed by atoms with E-state index in [1.54, 1.807) is 20.8 Å². The average molecular weight is 1510 g/mol. The number of carbonyl (C=O) groups is 8. The summed E-state index contributed by atoms with van der Waals surface area (Å²) in [5.74, 6) is -2.88. The standard InChI is InChI=1S/C75H130N2O28/c1-49(2)102-45-53-39-60(87)41-77(53)65(89)40-64(88)76-75(46-96-36-30-57(84)24-12-6-9-21-54(81)27-15-18-33-99-72-50(3)66(90)69(93)61(42-78)103-72,47-97-37-31-58(85)25-13-7-10-22-55(82)28-16-19-34-100-73-51(4)67(91)70(94)62(43-79)104-73)48-98-38-32-59(86)26-14-8-11-23-56(83)29-17-20-35-101-74-52(5)68(92)71(95)63(44-80)105-74/h49-53,60-63,66-74,78-80,87,90-95H,6-48H2,1-5H3,(H,76,88)/t50?,51?,52?,53-,60+,61?,62?,63?,66+,67+,68+,69-,70-,71-,72+,73+,74+,75?/m0/s1. The number of aliphatic hydroxyl groups is 10. The molecule has 0 saturated carbocycles. The maximum Gasteiger partial charge on any atom is 0.232 e. The number of hydrogen-bond acceptors (Lipinski definition) is 28. The molecule has 4 heterocycles.